The number of anilines is 1. The first-order valence-electron chi connectivity index (χ1n) is 8.29. The van der Waals surface area contributed by atoms with Gasteiger partial charge in [-0.1, -0.05) is 37.0 Å². The molecular formula is C19H22N4O2S. The molecule has 1 N–H and O–H groups in total. The summed E-state index contributed by atoms with van der Waals surface area (Å²) in [6.07, 6.45) is 7.51. The van der Waals surface area contributed by atoms with E-state index < -0.39 is 5.97 Å². The fourth-order valence-corrected chi connectivity index (χ4v) is 2.76. The van der Waals surface area contributed by atoms with Gasteiger partial charge >= 0.3 is 5.97 Å². The zero-order valence-electron chi connectivity index (χ0n) is 15.1. The molecule has 2 aromatic heterocycles. The molecule has 0 aliphatic carbocycles. The molecule has 2 heterocycles. The van der Waals surface area contributed by atoms with Crippen LogP contribution in [-0.2, 0) is 4.74 Å². The summed E-state index contributed by atoms with van der Waals surface area (Å²) in [4.78, 5) is 25.9. The van der Waals surface area contributed by atoms with Crippen LogP contribution in [0.4, 0.5) is 5.13 Å². The van der Waals surface area contributed by atoms with Gasteiger partial charge in [0.15, 0.2) is 5.13 Å². The van der Waals surface area contributed by atoms with E-state index in [0.29, 0.717) is 27.2 Å². The van der Waals surface area contributed by atoms with Gasteiger partial charge in [0.1, 0.15) is 16.4 Å². The van der Waals surface area contributed by atoms with E-state index in [0.717, 1.165) is 6.42 Å². The van der Waals surface area contributed by atoms with E-state index in [9.17, 15) is 4.79 Å². The van der Waals surface area contributed by atoms with Gasteiger partial charge < -0.3 is 10.1 Å². The second-order valence-corrected chi connectivity index (χ2v) is 6.41. The second-order valence-electron chi connectivity index (χ2n) is 5.41. The Hall–Kier alpha value is -2.80. The summed E-state index contributed by atoms with van der Waals surface area (Å²) in [6, 6.07) is 5.46. The summed E-state index contributed by atoms with van der Waals surface area (Å²) < 4.78 is 5.46. The zero-order chi connectivity index (χ0) is 18.9. The van der Waals surface area contributed by atoms with Crippen LogP contribution in [0, 0.1) is 0 Å². The van der Waals surface area contributed by atoms with Gasteiger partial charge in [0.2, 0.25) is 0 Å². The van der Waals surface area contributed by atoms with Crippen LogP contribution in [0.15, 0.2) is 53.9 Å². The smallest absolute Gasteiger partial charge is 0.351 e. The van der Waals surface area contributed by atoms with Crippen LogP contribution >= 0.6 is 11.3 Å². The summed E-state index contributed by atoms with van der Waals surface area (Å²) in [6.45, 7) is 9.55. The highest BCUT2D eigenvalue weighted by molar-refractivity contribution is 7.17. The number of aliphatic imine (C=N–C) groups is 1. The van der Waals surface area contributed by atoms with Gasteiger partial charge in [-0.2, -0.15) is 0 Å². The largest absolute Gasteiger partial charge is 0.458 e. The minimum atomic E-state index is -0.409. The molecular weight excluding hydrogens is 348 g/mol. The molecule has 2 rings (SSSR count). The molecule has 0 aromatic carbocycles. The van der Waals surface area contributed by atoms with Crippen molar-refractivity contribution in [3.8, 4) is 11.4 Å². The highest BCUT2D eigenvalue weighted by Gasteiger charge is 2.23. The van der Waals surface area contributed by atoms with Gasteiger partial charge in [-0.15, -0.1) is 0 Å². The van der Waals surface area contributed by atoms with E-state index >= 15 is 0 Å². The normalized spacial score (nSPS) is 12.4. The number of esters is 1. The van der Waals surface area contributed by atoms with Crippen molar-refractivity contribution >= 4 is 28.7 Å². The van der Waals surface area contributed by atoms with Crippen LogP contribution < -0.4 is 5.32 Å². The lowest BCUT2D eigenvalue weighted by molar-refractivity contribution is 0.0341. The molecule has 0 aliphatic heterocycles. The fraction of sp³-hybridized carbons (Fsp3) is 0.263. The first kappa shape index (κ1) is 19.5. The molecule has 0 spiro atoms. The zero-order valence-corrected chi connectivity index (χ0v) is 15.9. The fourth-order valence-electron chi connectivity index (χ4n) is 1.88. The number of rotatable bonds is 8. The van der Waals surface area contributed by atoms with Crippen molar-refractivity contribution in [2.75, 3.05) is 5.32 Å². The number of carbonyl (C=O) groups excluding carboxylic acids is 1. The molecule has 26 heavy (non-hydrogen) atoms. The number of nitrogens with one attached hydrogen (secondary N) is 1. The number of carbonyl (C=O) groups is 1. The van der Waals surface area contributed by atoms with E-state index in [2.05, 4.69) is 26.9 Å². The number of hydrogen-bond donors (Lipinski definition) is 1. The summed E-state index contributed by atoms with van der Waals surface area (Å²) in [5, 5.41) is 3.50. The Morgan fingerprint density at radius 2 is 2.31 bits per heavy atom. The van der Waals surface area contributed by atoms with E-state index in [-0.39, 0.29) is 6.10 Å². The minimum absolute atomic E-state index is 0.169. The molecule has 1 unspecified atom stereocenters. The molecule has 2 aromatic rings. The number of nitrogens with zero attached hydrogens (tertiary/aromatic N) is 3. The van der Waals surface area contributed by atoms with Crippen LogP contribution in [0.5, 0.6) is 0 Å². The van der Waals surface area contributed by atoms with E-state index in [1.54, 1.807) is 24.6 Å². The Balaban J connectivity index is 2.31. The number of hydrogen-bond acceptors (Lipinski definition) is 7. The van der Waals surface area contributed by atoms with Gasteiger partial charge in [-0.3, -0.25) is 4.98 Å². The van der Waals surface area contributed by atoms with Gasteiger partial charge in [-0.05, 0) is 38.5 Å². The molecule has 0 amide bonds. The summed E-state index contributed by atoms with van der Waals surface area (Å²) >= 11 is 1.19. The predicted octanol–water partition coefficient (Wildman–Crippen LogP) is 4.69. The first-order valence-corrected chi connectivity index (χ1v) is 9.11. The monoisotopic (exact) mass is 370 g/mol. The van der Waals surface area contributed by atoms with Crippen LogP contribution in [0.3, 0.4) is 0 Å². The van der Waals surface area contributed by atoms with Crippen molar-refractivity contribution in [3.05, 3.63) is 53.8 Å². The van der Waals surface area contributed by atoms with Crippen molar-refractivity contribution in [2.24, 2.45) is 4.99 Å². The molecule has 0 saturated heterocycles. The maximum absolute atomic E-state index is 12.5. The van der Waals surface area contributed by atoms with Crippen molar-refractivity contribution in [2.45, 2.75) is 33.3 Å². The lowest BCUT2D eigenvalue weighted by atomic mass is 10.2. The number of aromatic nitrogens is 2. The molecule has 0 saturated carbocycles. The number of ether oxygens (including phenoxy) is 1. The van der Waals surface area contributed by atoms with Crippen molar-refractivity contribution < 1.29 is 9.53 Å². The molecule has 0 fully saturated rings. The van der Waals surface area contributed by atoms with Crippen LogP contribution in [0.25, 0.3) is 11.4 Å². The van der Waals surface area contributed by atoms with E-state index in [4.69, 9.17) is 4.74 Å². The Morgan fingerprint density at radius 1 is 1.50 bits per heavy atom. The minimum Gasteiger partial charge on any atom is -0.458 e. The maximum Gasteiger partial charge on any atom is 0.351 e. The first-order chi connectivity index (χ1) is 12.5. The SMILES string of the molecule is C=C(/N=C\C=C/C)Nc1nc(-c2ccccn2)c(C(=O)OC(C)CC)s1. The Kier molecular flexibility index (Phi) is 7.23. The second kappa shape index (κ2) is 9.62. The van der Waals surface area contributed by atoms with Gasteiger partial charge in [0.25, 0.3) is 0 Å². The predicted molar refractivity (Wildman–Crippen MR) is 107 cm³/mol. The van der Waals surface area contributed by atoms with Gasteiger partial charge in [0, 0.05) is 12.4 Å². The third-order valence-corrected chi connectivity index (χ3v) is 4.31. The topological polar surface area (TPSA) is 76.5 Å². The van der Waals surface area contributed by atoms with E-state index in [1.165, 1.54) is 11.3 Å². The molecule has 7 heteroatoms. The number of pyridine rings is 1. The third-order valence-electron chi connectivity index (χ3n) is 3.36. The molecule has 1 atom stereocenters. The average molecular weight is 370 g/mol. The highest BCUT2D eigenvalue weighted by Crippen LogP contribution is 2.31. The molecule has 0 aliphatic rings. The number of allylic oxidation sites excluding steroid dienone is 2. The van der Waals surface area contributed by atoms with Crippen LogP contribution in [-0.4, -0.2) is 28.3 Å². The molecule has 136 valence electrons. The molecule has 6 nitrogen and oxygen atoms in total. The van der Waals surface area contributed by atoms with Crippen molar-refractivity contribution in [1.82, 2.24) is 9.97 Å². The third kappa shape index (κ3) is 5.35. The number of thiazole rings is 1. The Labute approximate surface area is 157 Å². The average Bonchev–Trinajstić information content (AvgIpc) is 3.06. The lowest BCUT2D eigenvalue weighted by Crippen LogP contribution is -2.13. The summed E-state index contributed by atoms with van der Waals surface area (Å²) in [7, 11) is 0. The van der Waals surface area contributed by atoms with E-state index in [1.807, 2.05) is 39.0 Å². The summed E-state index contributed by atoms with van der Waals surface area (Å²) in [5.74, 6) is 0.0137. The van der Waals surface area contributed by atoms with Crippen LogP contribution in [0.1, 0.15) is 36.9 Å². The molecule has 0 radical (unpaired) electrons. The van der Waals surface area contributed by atoms with Crippen LogP contribution in [0.2, 0.25) is 0 Å². The quantitative estimate of drug-likeness (QED) is 0.539. The van der Waals surface area contributed by atoms with Crippen molar-refractivity contribution in [1.29, 1.82) is 0 Å². The van der Waals surface area contributed by atoms with Gasteiger partial charge in [0.05, 0.1) is 11.8 Å². The Morgan fingerprint density at radius 3 is 2.96 bits per heavy atom. The lowest BCUT2D eigenvalue weighted by Gasteiger charge is -2.10. The summed E-state index contributed by atoms with van der Waals surface area (Å²) in [5.41, 5.74) is 1.09. The molecule has 0 bridgehead atoms. The standard InChI is InChI=1S/C19H22N4O2S/c1-5-7-11-20-14(4)22-19-23-16(15-10-8-9-12-21-15)17(26-19)18(24)25-13(3)6-2/h5,7-13H,4,6H2,1-3H3,(H,22,23)/b7-5-,20-11-. The van der Waals surface area contributed by atoms with Crippen molar-refractivity contribution in [3.63, 3.8) is 0 Å². The highest BCUT2D eigenvalue weighted by atomic mass is 32.1. The van der Waals surface area contributed by atoms with Gasteiger partial charge in [-0.25, -0.2) is 14.8 Å². The Bertz CT molecular complexity index is 812. The maximum atomic E-state index is 12.5.